The van der Waals surface area contributed by atoms with Crippen LogP contribution in [0.15, 0.2) is 52.6 Å². The van der Waals surface area contributed by atoms with Crippen LogP contribution in [0.2, 0.25) is 0 Å². The Balaban J connectivity index is 2.45. The predicted octanol–water partition coefficient (Wildman–Crippen LogP) is 1.84. The Hall–Kier alpha value is -1.81. The molecule has 0 bridgehead atoms. The van der Waals surface area contributed by atoms with E-state index in [1.807, 2.05) is 6.92 Å². The van der Waals surface area contributed by atoms with Gasteiger partial charge in [0.05, 0.1) is 0 Å². The maximum atomic E-state index is 9.68. The van der Waals surface area contributed by atoms with Gasteiger partial charge in [0.15, 0.2) is 11.6 Å². The molecule has 4 heteroatoms. The molecule has 2 N–H and O–H groups in total. The summed E-state index contributed by atoms with van der Waals surface area (Å²) < 4.78 is 0. The second-order valence-corrected chi connectivity index (χ2v) is 3.68. The summed E-state index contributed by atoms with van der Waals surface area (Å²) in [5.74, 6) is 0.623. The van der Waals surface area contributed by atoms with Gasteiger partial charge in [-0.2, -0.15) is 0 Å². The quantitative estimate of drug-likeness (QED) is 0.743. The summed E-state index contributed by atoms with van der Waals surface area (Å²) in [7, 11) is 0. The van der Waals surface area contributed by atoms with E-state index in [9.17, 15) is 5.11 Å². The van der Waals surface area contributed by atoms with E-state index in [1.54, 1.807) is 23.3 Å². The average Bonchev–Trinajstić information content (AvgIpc) is 2.26. The van der Waals surface area contributed by atoms with Crippen LogP contribution in [0.4, 0.5) is 0 Å². The van der Waals surface area contributed by atoms with Crippen LogP contribution in [-0.2, 0) is 0 Å². The number of rotatable bonds is 2. The number of allylic oxidation sites excluding steroid dienone is 4. The lowest BCUT2D eigenvalue weighted by molar-refractivity contribution is 0.298. The molecule has 2 aliphatic rings. The Bertz CT molecular complexity index is 456. The van der Waals surface area contributed by atoms with Crippen LogP contribution in [0.5, 0.6) is 0 Å². The van der Waals surface area contributed by atoms with Crippen molar-refractivity contribution in [1.29, 1.82) is 0 Å². The number of fused-ring (bicyclic) bond motifs is 1. The summed E-state index contributed by atoms with van der Waals surface area (Å²) >= 11 is 0. The Kier molecular flexibility index (Phi) is 2.66. The van der Waals surface area contributed by atoms with Gasteiger partial charge in [-0.15, -0.1) is 0 Å². The second kappa shape index (κ2) is 3.98. The molecule has 0 unspecified atom stereocenters. The first-order valence-corrected chi connectivity index (χ1v) is 5.10. The fourth-order valence-electron chi connectivity index (χ4n) is 1.84. The molecule has 0 aromatic carbocycles. The largest absolute Gasteiger partial charge is 0.504 e. The van der Waals surface area contributed by atoms with Crippen LogP contribution in [0.1, 0.15) is 13.3 Å². The van der Waals surface area contributed by atoms with Gasteiger partial charge in [-0.3, -0.25) is 4.90 Å². The molecule has 0 amide bonds. The van der Waals surface area contributed by atoms with Gasteiger partial charge >= 0.3 is 0 Å². The number of aliphatic imine (C=N–C) groups is 1. The summed E-state index contributed by atoms with van der Waals surface area (Å²) in [4.78, 5) is 6.05. The summed E-state index contributed by atoms with van der Waals surface area (Å²) in [5.41, 5.74) is 2.47. The molecule has 2 aliphatic heterocycles. The number of aliphatic hydroxyl groups is 2. The lowest BCUT2D eigenvalue weighted by Crippen LogP contribution is -2.32. The van der Waals surface area contributed by atoms with Crippen molar-refractivity contribution < 1.29 is 10.2 Å². The maximum absolute atomic E-state index is 9.68. The van der Waals surface area contributed by atoms with Crippen molar-refractivity contribution in [2.45, 2.75) is 13.3 Å². The average molecular weight is 218 g/mol. The van der Waals surface area contributed by atoms with Crippen molar-refractivity contribution >= 4 is 5.84 Å². The zero-order valence-electron chi connectivity index (χ0n) is 9.14. The molecule has 0 radical (unpaired) electrons. The monoisotopic (exact) mass is 218 g/mol. The molecule has 84 valence electrons. The van der Waals surface area contributed by atoms with E-state index in [0.717, 1.165) is 17.0 Å². The topological polar surface area (TPSA) is 56.1 Å². The summed E-state index contributed by atoms with van der Waals surface area (Å²) in [6.45, 7) is 5.89. The highest BCUT2D eigenvalue weighted by Crippen LogP contribution is 2.29. The molecule has 2 rings (SSSR count). The zero-order chi connectivity index (χ0) is 11.7. The fourth-order valence-corrected chi connectivity index (χ4v) is 1.84. The smallest absolute Gasteiger partial charge is 0.180 e. The first kappa shape index (κ1) is 10.7. The van der Waals surface area contributed by atoms with Crippen molar-refractivity contribution in [3.63, 3.8) is 0 Å². The molecule has 0 aliphatic carbocycles. The van der Waals surface area contributed by atoms with Crippen LogP contribution in [0.3, 0.4) is 0 Å². The molecule has 0 saturated heterocycles. The lowest BCUT2D eigenvalue weighted by atomic mass is 10.0. The van der Waals surface area contributed by atoms with Gasteiger partial charge in [0.2, 0.25) is 0 Å². The molecule has 0 spiro atoms. The fraction of sp³-hybridized carbons (Fsp3) is 0.250. The van der Waals surface area contributed by atoms with Gasteiger partial charge in [-0.1, -0.05) is 6.58 Å². The molecule has 2 heterocycles. The Morgan fingerprint density at radius 3 is 2.94 bits per heavy atom. The summed E-state index contributed by atoms with van der Waals surface area (Å²) in [6.07, 6.45) is 5.64. The third kappa shape index (κ3) is 1.57. The van der Waals surface area contributed by atoms with Crippen molar-refractivity contribution in [3.05, 3.63) is 47.7 Å². The van der Waals surface area contributed by atoms with E-state index in [4.69, 9.17) is 5.11 Å². The molecular formula is C12H14N2O2. The third-order valence-electron chi connectivity index (χ3n) is 2.66. The SMILES string of the molecule is C=C1C(CCO)=C(C)N=C2C(O)=CC=CN12. The van der Waals surface area contributed by atoms with Gasteiger partial charge in [0.25, 0.3) is 0 Å². The molecule has 0 aromatic heterocycles. The highest BCUT2D eigenvalue weighted by molar-refractivity contribution is 6.01. The number of hydrogen-bond donors (Lipinski definition) is 2. The number of nitrogens with zero attached hydrogens (tertiary/aromatic N) is 2. The van der Waals surface area contributed by atoms with Crippen molar-refractivity contribution in [3.8, 4) is 0 Å². The Labute approximate surface area is 94.2 Å². The molecule has 0 atom stereocenters. The van der Waals surface area contributed by atoms with Crippen molar-refractivity contribution in [2.24, 2.45) is 4.99 Å². The van der Waals surface area contributed by atoms with E-state index in [0.29, 0.717) is 12.3 Å². The van der Waals surface area contributed by atoms with E-state index >= 15 is 0 Å². The van der Waals surface area contributed by atoms with Gasteiger partial charge in [0.1, 0.15) is 0 Å². The van der Waals surface area contributed by atoms with Gasteiger partial charge in [0, 0.05) is 24.2 Å². The molecule has 0 aromatic rings. The van der Waals surface area contributed by atoms with E-state index in [2.05, 4.69) is 11.6 Å². The molecular weight excluding hydrogens is 204 g/mol. The van der Waals surface area contributed by atoms with Crippen LogP contribution in [-0.4, -0.2) is 27.6 Å². The minimum atomic E-state index is 0.0654. The first-order valence-electron chi connectivity index (χ1n) is 5.10. The number of aliphatic hydroxyl groups excluding tert-OH is 2. The van der Waals surface area contributed by atoms with Crippen LogP contribution < -0.4 is 0 Å². The molecule has 16 heavy (non-hydrogen) atoms. The number of amidine groups is 1. The molecule has 0 saturated carbocycles. The zero-order valence-corrected chi connectivity index (χ0v) is 9.14. The predicted molar refractivity (Wildman–Crippen MR) is 62.7 cm³/mol. The van der Waals surface area contributed by atoms with Gasteiger partial charge in [-0.05, 0) is 31.1 Å². The highest BCUT2D eigenvalue weighted by Gasteiger charge is 2.25. The van der Waals surface area contributed by atoms with E-state index in [1.165, 1.54) is 0 Å². The minimum absolute atomic E-state index is 0.0654. The first-order chi connectivity index (χ1) is 7.65. The van der Waals surface area contributed by atoms with Crippen LogP contribution in [0.25, 0.3) is 0 Å². The van der Waals surface area contributed by atoms with Gasteiger partial charge < -0.3 is 10.2 Å². The Morgan fingerprint density at radius 1 is 1.50 bits per heavy atom. The minimum Gasteiger partial charge on any atom is -0.504 e. The van der Waals surface area contributed by atoms with Gasteiger partial charge in [-0.25, -0.2) is 4.99 Å². The molecule has 0 fully saturated rings. The molecule has 4 nitrogen and oxygen atoms in total. The summed E-state index contributed by atoms with van der Waals surface area (Å²) in [5, 5.41) is 18.7. The van der Waals surface area contributed by atoms with Crippen LogP contribution >= 0.6 is 0 Å². The second-order valence-electron chi connectivity index (χ2n) is 3.68. The van der Waals surface area contributed by atoms with E-state index < -0.39 is 0 Å². The highest BCUT2D eigenvalue weighted by atomic mass is 16.3. The number of hydrogen-bond acceptors (Lipinski definition) is 4. The lowest BCUT2D eigenvalue weighted by Gasteiger charge is -2.31. The van der Waals surface area contributed by atoms with Crippen molar-refractivity contribution in [2.75, 3.05) is 6.61 Å². The normalized spacial score (nSPS) is 19.6. The standard InChI is InChI=1S/C12H14N2O2/c1-8-10(5-7-15)9(2)14-6-3-4-11(16)12(14)13-8/h3-4,6,15-16H,2,5,7H2,1H3. The van der Waals surface area contributed by atoms with Crippen LogP contribution in [0, 0.1) is 0 Å². The third-order valence-corrected chi connectivity index (χ3v) is 2.66. The maximum Gasteiger partial charge on any atom is 0.180 e. The summed E-state index contributed by atoms with van der Waals surface area (Å²) in [6, 6.07) is 0. The van der Waals surface area contributed by atoms with Crippen molar-refractivity contribution in [1.82, 2.24) is 4.90 Å². The van der Waals surface area contributed by atoms with E-state index in [-0.39, 0.29) is 12.4 Å². The Morgan fingerprint density at radius 2 is 2.25 bits per heavy atom.